The van der Waals surface area contributed by atoms with E-state index in [1.807, 2.05) is 0 Å². The molecule has 1 fully saturated rings. The minimum atomic E-state index is -1.32. The van der Waals surface area contributed by atoms with E-state index in [-0.39, 0.29) is 19.0 Å². The van der Waals surface area contributed by atoms with Gasteiger partial charge in [0.2, 0.25) is 5.95 Å². The molecule has 1 aliphatic rings. The number of nitrogen functional groups attached to an aromatic ring is 2. The number of benzene rings is 1. The van der Waals surface area contributed by atoms with Crippen LogP contribution in [0.2, 0.25) is 0 Å². The SMILES string of the molecule is Nc1nc(N)c2c(F)c(F)c(N3CCOCC3)c(F)c2n1. The summed E-state index contributed by atoms with van der Waals surface area (Å²) in [7, 11) is 0. The van der Waals surface area contributed by atoms with Crippen LogP contribution < -0.4 is 16.4 Å². The third-order valence-corrected chi connectivity index (χ3v) is 3.32. The lowest BCUT2D eigenvalue weighted by Crippen LogP contribution is -2.37. The van der Waals surface area contributed by atoms with Gasteiger partial charge in [0, 0.05) is 13.1 Å². The maximum absolute atomic E-state index is 14.6. The molecule has 4 N–H and O–H groups in total. The van der Waals surface area contributed by atoms with Gasteiger partial charge in [-0.1, -0.05) is 0 Å². The summed E-state index contributed by atoms with van der Waals surface area (Å²) in [5, 5.41) is -0.504. The van der Waals surface area contributed by atoms with Gasteiger partial charge in [-0.25, -0.2) is 18.2 Å². The van der Waals surface area contributed by atoms with Crippen molar-refractivity contribution in [2.24, 2.45) is 0 Å². The monoisotopic (exact) mass is 299 g/mol. The molecule has 2 heterocycles. The molecule has 6 nitrogen and oxygen atoms in total. The Kier molecular flexibility index (Phi) is 3.20. The Bertz CT molecular complexity index is 718. The predicted molar refractivity (Wildman–Crippen MR) is 71.3 cm³/mol. The Balaban J connectivity index is 2.30. The molecule has 112 valence electrons. The molecule has 1 aromatic carbocycles. The van der Waals surface area contributed by atoms with E-state index in [1.165, 1.54) is 4.90 Å². The molecule has 0 bridgehead atoms. The van der Waals surface area contributed by atoms with E-state index < -0.39 is 39.9 Å². The van der Waals surface area contributed by atoms with Gasteiger partial charge in [0.1, 0.15) is 17.0 Å². The third kappa shape index (κ3) is 2.09. The summed E-state index contributed by atoms with van der Waals surface area (Å²) >= 11 is 0. The minimum Gasteiger partial charge on any atom is -0.383 e. The van der Waals surface area contributed by atoms with Crippen LogP contribution in [0.5, 0.6) is 0 Å². The van der Waals surface area contributed by atoms with E-state index in [0.717, 1.165) is 0 Å². The molecule has 21 heavy (non-hydrogen) atoms. The van der Waals surface area contributed by atoms with Crippen LogP contribution in [0.4, 0.5) is 30.6 Å². The zero-order valence-corrected chi connectivity index (χ0v) is 10.9. The van der Waals surface area contributed by atoms with Crippen molar-refractivity contribution < 1.29 is 17.9 Å². The summed E-state index contributed by atoms with van der Waals surface area (Å²) in [4.78, 5) is 8.53. The highest BCUT2D eigenvalue weighted by Gasteiger charge is 2.28. The van der Waals surface area contributed by atoms with Crippen LogP contribution in [0.25, 0.3) is 10.9 Å². The average Bonchev–Trinajstić information content (AvgIpc) is 2.45. The van der Waals surface area contributed by atoms with E-state index in [4.69, 9.17) is 16.2 Å². The zero-order valence-electron chi connectivity index (χ0n) is 10.9. The van der Waals surface area contributed by atoms with E-state index in [0.29, 0.717) is 13.2 Å². The van der Waals surface area contributed by atoms with Gasteiger partial charge in [-0.15, -0.1) is 0 Å². The molecule has 0 aliphatic carbocycles. The van der Waals surface area contributed by atoms with Crippen molar-refractivity contribution in [1.82, 2.24) is 9.97 Å². The molecular weight excluding hydrogens is 287 g/mol. The number of halogens is 3. The van der Waals surface area contributed by atoms with Crippen LogP contribution in [0.15, 0.2) is 0 Å². The lowest BCUT2D eigenvalue weighted by atomic mass is 10.1. The number of aromatic nitrogens is 2. The van der Waals surface area contributed by atoms with Gasteiger partial charge < -0.3 is 21.1 Å². The lowest BCUT2D eigenvalue weighted by Gasteiger charge is -2.29. The van der Waals surface area contributed by atoms with E-state index in [1.54, 1.807) is 0 Å². The topological polar surface area (TPSA) is 90.3 Å². The molecule has 0 atom stereocenters. The molecule has 0 amide bonds. The molecule has 1 saturated heterocycles. The summed E-state index contributed by atoms with van der Waals surface area (Å²) in [5.74, 6) is -4.32. The maximum Gasteiger partial charge on any atom is 0.222 e. The molecule has 0 spiro atoms. The Morgan fingerprint density at radius 3 is 2.29 bits per heavy atom. The van der Waals surface area contributed by atoms with E-state index in [9.17, 15) is 13.2 Å². The fourth-order valence-corrected chi connectivity index (χ4v) is 2.36. The molecule has 3 rings (SSSR count). The van der Waals surface area contributed by atoms with Gasteiger partial charge in [0.05, 0.1) is 18.6 Å². The van der Waals surface area contributed by atoms with Crippen LogP contribution in [0.3, 0.4) is 0 Å². The quantitative estimate of drug-likeness (QED) is 0.765. The molecule has 2 aromatic rings. The summed E-state index contributed by atoms with van der Waals surface area (Å²) < 4.78 is 48.1. The number of nitrogens with zero attached hydrogens (tertiary/aromatic N) is 3. The molecule has 1 aromatic heterocycles. The summed E-state index contributed by atoms with van der Waals surface area (Å²) in [6, 6.07) is 0. The Morgan fingerprint density at radius 1 is 0.952 bits per heavy atom. The van der Waals surface area contributed by atoms with Gasteiger partial charge >= 0.3 is 0 Å². The molecule has 0 unspecified atom stereocenters. The highest BCUT2D eigenvalue weighted by Crippen LogP contribution is 2.35. The van der Waals surface area contributed by atoms with Crippen LogP contribution in [-0.4, -0.2) is 36.3 Å². The second-order valence-corrected chi connectivity index (χ2v) is 4.58. The van der Waals surface area contributed by atoms with Gasteiger partial charge in [0.15, 0.2) is 17.5 Å². The van der Waals surface area contributed by atoms with Gasteiger partial charge in [-0.05, 0) is 0 Å². The van der Waals surface area contributed by atoms with Crippen LogP contribution in [0.1, 0.15) is 0 Å². The van der Waals surface area contributed by atoms with Crippen molar-refractivity contribution in [2.45, 2.75) is 0 Å². The number of morpholine rings is 1. The normalized spacial score (nSPS) is 15.7. The highest BCUT2D eigenvalue weighted by molar-refractivity contribution is 5.92. The number of anilines is 3. The van der Waals surface area contributed by atoms with Gasteiger partial charge in [0.25, 0.3) is 0 Å². The average molecular weight is 299 g/mol. The van der Waals surface area contributed by atoms with Crippen molar-refractivity contribution in [1.29, 1.82) is 0 Å². The predicted octanol–water partition coefficient (Wildman–Crippen LogP) is 1.05. The van der Waals surface area contributed by atoms with E-state index >= 15 is 0 Å². The number of ether oxygens (including phenoxy) is 1. The number of rotatable bonds is 1. The van der Waals surface area contributed by atoms with Crippen molar-refractivity contribution in [3.8, 4) is 0 Å². The van der Waals surface area contributed by atoms with Gasteiger partial charge in [-0.2, -0.15) is 4.98 Å². The smallest absolute Gasteiger partial charge is 0.222 e. The Morgan fingerprint density at radius 2 is 1.62 bits per heavy atom. The van der Waals surface area contributed by atoms with Crippen molar-refractivity contribution in [3.05, 3.63) is 17.5 Å². The lowest BCUT2D eigenvalue weighted by molar-refractivity contribution is 0.122. The number of hydrogen-bond acceptors (Lipinski definition) is 6. The first kappa shape index (κ1) is 13.7. The van der Waals surface area contributed by atoms with Crippen LogP contribution in [0, 0.1) is 17.5 Å². The molecule has 0 saturated carbocycles. The van der Waals surface area contributed by atoms with Crippen LogP contribution in [-0.2, 0) is 4.74 Å². The molecule has 0 radical (unpaired) electrons. The Hall–Kier alpha value is -2.29. The summed E-state index contributed by atoms with van der Waals surface area (Å²) in [6.45, 7) is 1.09. The number of fused-ring (bicyclic) bond motifs is 1. The maximum atomic E-state index is 14.6. The molecular formula is C12H12F3N5O. The fraction of sp³-hybridized carbons (Fsp3) is 0.333. The third-order valence-electron chi connectivity index (χ3n) is 3.32. The zero-order chi connectivity index (χ0) is 15.1. The first-order valence-electron chi connectivity index (χ1n) is 6.22. The standard InChI is InChI=1S/C12H12F3N5O/c13-6-5-9(18-12(17)19-11(5)16)8(15)10(7(6)14)20-1-3-21-4-2-20/h1-4H2,(H4,16,17,18,19). The first-order valence-corrected chi connectivity index (χ1v) is 6.22. The van der Waals surface area contributed by atoms with Crippen molar-refractivity contribution in [2.75, 3.05) is 42.7 Å². The fourth-order valence-electron chi connectivity index (χ4n) is 2.36. The highest BCUT2D eigenvalue weighted by atomic mass is 19.2. The second-order valence-electron chi connectivity index (χ2n) is 4.58. The second kappa shape index (κ2) is 4.92. The Labute approximate surface area is 117 Å². The van der Waals surface area contributed by atoms with Gasteiger partial charge in [-0.3, -0.25) is 0 Å². The first-order chi connectivity index (χ1) is 10.0. The van der Waals surface area contributed by atoms with Crippen molar-refractivity contribution >= 4 is 28.4 Å². The number of hydrogen-bond donors (Lipinski definition) is 2. The minimum absolute atomic E-state index is 0.245. The molecule has 9 heteroatoms. The number of nitrogens with two attached hydrogens (primary N) is 2. The summed E-state index contributed by atoms with van der Waals surface area (Å²) in [6.07, 6.45) is 0. The van der Waals surface area contributed by atoms with E-state index in [2.05, 4.69) is 9.97 Å². The van der Waals surface area contributed by atoms with Crippen LogP contribution >= 0.6 is 0 Å². The molecule has 1 aliphatic heterocycles. The largest absolute Gasteiger partial charge is 0.383 e. The van der Waals surface area contributed by atoms with Crippen molar-refractivity contribution in [3.63, 3.8) is 0 Å². The summed E-state index contributed by atoms with van der Waals surface area (Å²) in [5.41, 5.74) is 9.96.